The first-order valence-corrected chi connectivity index (χ1v) is 8.01. The molecule has 2 atom stereocenters. The van der Waals surface area contributed by atoms with Gasteiger partial charge in [0.25, 0.3) is 0 Å². The summed E-state index contributed by atoms with van der Waals surface area (Å²) in [6, 6.07) is 0.365. The lowest BCUT2D eigenvalue weighted by Crippen LogP contribution is -2.33. The molecule has 0 spiro atoms. The molecule has 0 aliphatic carbocycles. The molecule has 18 heavy (non-hydrogen) atoms. The van der Waals surface area contributed by atoms with E-state index in [-0.39, 0.29) is 0 Å². The Kier molecular flexibility index (Phi) is 10.8. The van der Waals surface area contributed by atoms with E-state index in [0.717, 1.165) is 11.8 Å². The summed E-state index contributed by atoms with van der Waals surface area (Å²) in [5, 5.41) is 0. The van der Waals surface area contributed by atoms with Crippen LogP contribution >= 0.6 is 0 Å². The molecular weight excluding hydrogens is 220 g/mol. The van der Waals surface area contributed by atoms with Gasteiger partial charge in [0, 0.05) is 19.1 Å². The summed E-state index contributed by atoms with van der Waals surface area (Å²) in [4.78, 5) is 2.63. The third kappa shape index (κ3) is 8.93. The Balaban J connectivity index is 3.88. The van der Waals surface area contributed by atoms with Gasteiger partial charge < -0.3 is 10.6 Å². The van der Waals surface area contributed by atoms with Crippen LogP contribution in [0.15, 0.2) is 0 Å². The fourth-order valence-corrected chi connectivity index (χ4v) is 2.57. The van der Waals surface area contributed by atoms with E-state index in [1.165, 1.54) is 51.7 Å². The van der Waals surface area contributed by atoms with Crippen molar-refractivity contribution in [3.05, 3.63) is 0 Å². The largest absolute Gasteiger partial charge is 0.328 e. The van der Waals surface area contributed by atoms with Crippen LogP contribution in [-0.4, -0.2) is 30.6 Å². The van der Waals surface area contributed by atoms with Crippen LogP contribution in [0.5, 0.6) is 0 Å². The number of rotatable bonds is 11. The van der Waals surface area contributed by atoms with Crippen LogP contribution in [0.1, 0.15) is 66.7 Å². The van der Waals surface area contributed by atoms with E-state index >= 15 is 0 Å². The average molecular weight is 256 g/mol. The van der Waals surface area contributed by atoms with Gasteiger partial charge in [-0.25, -0.2) is 0 Å². The highest BCUT2D eigenvalue weighted by Crippen LogP contribution is 2.14. The Labute approximate surface area is 115 Å². The SMILES string of the molecule is CCC(CC)CN(CC)CC(C)CCCC(C)N. The predicted octanol–water partition coefficient (Wildman–Crippen LogP) is 3.90. The van der Waals surface area contributed by atoms with Crippen molar-refractivity contribution in [2.75, 3.05) is 19.6 Å². The van der Waals surface area contributed by atoms with Crippen LogP contribution in [0.25, 0.3) is 0 Å². The summed E-state index contributed by atoms with van der Waals surface area (Å²) in [7, 11) is 0. The zero-order valence-corrected chi connectivity index (χ0v) is 13.4. The summed E-state index contributed by atoms with van der Waals surface area (Å²) in [6.07, 6.45) is 6.39. The first-order chi connectivity index (χ1) is 8.53. The second-order valence-electron chi connectivity index (χ2n) is 6.05. The first-order valence-electron chi connectivity index (χ1n) is 8.01. The summed E-state index contributed by atoms with van der Waals surface area (Å²) < 4.78 is 0. The van der Waals surface area contributed by atoms with Gasteiger partial charge in [-0.2, -0.15) is 0 Å². The van der Waals surface area contributed by atoms with Crippen molar-refractivity contribution in [2.24, 2.45) is 17.6 Å². The molecule has 2 heteroatoms. The first kappa shape index (κ1) is 17.9. The maximum absolute atomic E-state index is 5.80. The van der Waals surface area contributed by atoms with Crippen LogP contribution in [0.3, 0.4) is 0 Å². The molecule has 0 radical (unpaired) electrons. The Morgan fingerprint density at radius 2 is 1.56 bits per heavy atom. The van der Waals surface area contributed by atoms with E-state index in [1.807, 2.05) is 0 Å². The third-order valence-electron chi connectivity index (χ3n) is 4.04. The van der Waals surface area contributed by atoms with Crippen molar-refractivity contribution in [3.8, 4) is 0 Å². The van der Waals surface area contributed by atoms with Crippen molar-refractivity contribution in [2.45, 2.75) is 72.8 Å². The van der Waals surface area contributed by atoms with E-state index < -0.39 is 0 Å². The highest BCUT2D eigenvalue weighted by atomic mass is 15.1. The Bertz CT molecular complexity index is 176. The quantitative estimate of drug-likeness (QED) is 0.607. The molecule has 0 aromatic rings. The average Bonchev–Trinajstić information content (AvgIpc) is 2.33. The van der Waals surface area contributed by atoms with Gasteiger partial charge in [0.05, 0.1) is 0 Å². The van der Waals surface area contributed by atoms with Crippen LogP contribution in [0.4, 0.5) is 0 Å². The van der Waals surface area contributed by atoms with Crippen LogP contribution in [0, 0.1) is 11.8 Å². The molecule has 0 aromatic carbocycles. The number of nitrogens with two attached hydrogens (primary N) is 1. The maximum Gasteiger partial charge on any atom is 0.00104 e. The summed E-state index contributed by atoms with van der Waals surface area (Å²) in [6.45, 7) is 15.1. The van der Waals surface area contributed by atoms with E-state index in [9.17, 15) is 0 Å². The van der Waals surface area contributed by atoms with Gasteiger partial charge in [0.2, 0.25) is 0 Å². The Hall–Kier alpha value is -0.0800. The molecular formula is C16H36N2. The predicted molar refractivity (Wildman–Crippen MR) is 82.9 cm³/mol. The molecule has 0 saturated heterocycles. The molecule has 0 bridgehead atoms. The molecule has 0 aromatic heterocycles. The lowest BCUT2D eigenvalue weighted by molar-refractivity contribution is 0.201. The van der Waals surface area contributed by atoms with E-state index in [2.05, 4.69) is 39.5 Å². The number of hydrogen-bond donors (Lipinski definition) is 1. The fourth-order valence-electron chi connectivity index (χ4n) is 2.57. The normalized spacial score (nSPS) is 15.3. The minimum Gasteiger partial charge on any atom is -0.328 e. The molecule has 0 fully saturated rings. The number of hydrogen-bond acceptors (Lipinski definition) is 2. The molecule has 0 amide bonds. The van der Waals surface area contributed by atoms with Crippen LogP contribution in [-0.2, 0) is 0 Å². The molecule has 0 rings (SSSR count). The van der Waals surface area contributed by atoms with Gasteiger partial charge in [0.15, 0.2) is 0 Å². The molecule has 2 unspecified atom stereocenters. The standard InChI is InChI=1S/C16H36N2/c1-6-16(7-2)13-18(8-3)12-14(4)10-9-11-15(5)17/h14-16H,6-13,17H2,1-5H3. The summed E-state index contributed by atoms with van der Waals surface area (Å²) in [5.74, 6) is 1.68. The smallest absolute Gasteiger partial charge is 0.00104 e. The van der Waals surface area contributed by atoms with E-state index in [0.29, 0.717) is 6.04 Å². The molecule has 0 heterocycles. The molecule has 0 saturated carbocycles. The maximum atomic E-state index is 5.80. The lowest BCUT2D eigenvalue weighted by atomic mass is 9.99. The monoisotopic (exact) mass is 256 g/mol. The second-order valence-corrected chi connectivity index (χ2v) is 6.05. The summed E-state index contributed by atoms with van der Waals surface area (Å²) >= 11 is 0. The minimum atomic E-state index is 0.365. The van der Waals surface area contributed by atoms with Crippen LogP contribution < -0.4 is 5.73 Å². The van der Waals surface area contributed by atoms with Crippen molar-refractivity contribution in [1.82, 2.24) is 4.90 Å². The lowest BCUT2D eigenvalue weighted by Gasteiger charge is -2.28. The zero-order chi connectivity index (χ0) is 14.0. The minimum absolute atomic E-state index is 0.365. The van der Waals surface area contributed by atoms with Gasteiger partial charge >= 0.3 is 0 Å². The van der Waals surface area contributed by atoms with Crippen molar-refractivity contribution in [3.63, 3.8) is 0 Å². The van der Waals surface area contributed by atoms with Crippen LogP contribution in [0.2, 0.25) is 0 Å². The molecule has 0 aliphatic rings. The zero-order valence-electron chi connectivity index (χ0n) is 13.4. The van der Waals surface area contributed by atoms with E-state index in [4.69, 9.17) is 5.73 Å². The van der Waals surface area contributed by atoms with Gasteiger partial charge in [0.1, 0.15) is 0 Å². The Morgan fingerprint density at radius 1 is 0.944 bits per heavy atom. The summed E-state index contributed by atoms with van der Waals surface area (Å²) in [5.41, 5.74) is 5.80. The molecule has 110 valence electrons. The number of nitrogens with zero attached hydrogens (tertiary/aromatic N) is 1. The van der Waals surface area contributed by atoms with Crippen molar-refractivity contribution >= 4 is 0 Å². The van der Waals surface area contributed by atoms with E-state index in [1.54, 1.807) is 0 Å². The van der Waals surface area contributed by atoms with Crippen molar-refractivity contribution in [1.29, 1.82) is 0 Å². The topological polar surface area (TPSA) is 29.3 Å². The highest BCUT2D eigenvalue weighted by Gasteiger charge is 2.13. The second kappa shape index (κ2) is 10.8. The Morgan fingerprint density at radius 3 is 2.00 bits per heavy atom. The highest BCUT2D eigenvalue weighted by molar-refractivity contribution is 4.67. The molecule has 2 N–H and O–H groups in total. The van der Waals surface area contributed by atoms with Gasteiger partial charge in [-0.05, 0) is 38.1 Å². The molecule has 2 nitrogen and oxygen atoms in total. The molecule has 0 aliphatic heterocycles. The fraction of sp³-hybridized carbons (Fsp3) is 1.00. The van der Waals surface area contributed by atoms with Crippen molar-refractivity contribution < 1.29 is 0 Å². The third-order valence-corrected chi connectivity index (χ3v) is 4.04. The van der Waals surface area contributed by atoms with Gasteiger partial charge in [-0.15, -0.1) is 0 Å². The van der Waals surface area contributed by atoms with Gasteiger partial charge in [-0.3, -0.25) is 0 Å². The van der Waals surface area contributed by atoms with Gasteiger partial charge in [-0.1, -0.05) is 47.0 Å².